The number of rotatable bonds is 0. The molecule has 4 atom stereocenters. The molecule has 52 valence electrons. The lowest BCUT2D eigenvalue weighted by Gasteiger charge is -1.97. The summed E-state index contributed by atoms with van der Waals surface area (Å²) in [6.07, 6.45) is 1.29. The Morgan fingerprint density at radius 3 is 2.50 bits per heavy atom. The number of Topliss-reactive ketones (excluding diaryl/α,β-unsaturated/α-hetero) is 2. The summed E-state index contributed by atoms with van der Waals surface area (Å²) in [6.45, 7) is 0. The van der Waals surface area contributed by atoms with Crippen LogP contribution in [-0.2, 0) is 9.59 Å². The molecule has 3 aliphatic rings. The molecule has 3 rings (SSSR count). The average Bonchev–Trinajstić information content (AvgIpc) is 2.37. The van der Waals surface area contributed by atoms with Crippen LogP contribution < -0.4 is 0 Å². The number of hydrogen-bond acceptors (Lipinski definition) is 2. The zero-order chi connectivity index (χ0) is 6.88. The van der Waals surface area contributed by atoms with Gasteiger partial charge in [0.2, 0.25) is 0 Å². The van der Waals surface area contributed by atoms with Gasteiger partial charge in [0.1, 0.15) is 11.6 Å². The van der Waals surface area contributed by atoms with Crippen molar-refractivity contribution in [2.75, 3.05) is 0 Å². The van der Waals surface area contributed by atoms with Gasteiger partial charge >= 0.3 is 0 Å². The molecule has 0 aromatic heterocycles. The molecular weight excluding hydrogens is 128 g/mol. The molecule has 0 N–H and O–H groups in total. The van der Waals surface area contributed by atoms with E-state index in [0.29, 0.717) is 42.2 Å². The summed E-state index contributed by atoms with van der Waals surface area (Å²) >= 11 is 0. The SMILES string of the molecule is O=C1CC2C3C(=O)CC1C23. The summed E-state index contributed by atoms with van der Waals surface area (Å²) in [5.74, 6) is 2.24. The van der Waals surface area contributed by atoms with E-state index in [0.717, 1.165) is 0 Å². The molecule has 0 heterocycles. The first kappa shape index (κ1) is 5.05. The fraction of sp³-hybridized carbons (Fsp3) is 0.750. The van der Waals surface area contributed by atoms with E-state index in [9.17, 15) is 9.59 Å². The number of fused-ring (bicyclic) bond motifs is 1. The molecule has 2 heteroatoms. The van der Waals surface area contributed by atoms with Crippen LogP contribution in [0.2, 0.25) is 0 Å². The van der Waals surface area contributed by atoms with E-state index in [2.05, 4.69) is 0 Å². The quantitative estimate of drug-likeness (QED) is 0.483. The molecule has 3 fully saturated rings. The highest BCUT2D eigenvalue weighted by Crippen LogP contribution is 2.65. The maximum absolute atomic E-state index is 11.1. The minimum Gasteiger partial charge on any atom is -0.299 e. The zero-order valence-electron chi connectivity index (χ0n) is 5.54. The van der Waals surface area contributed by atoms with Crippen molar-refractivity contribution in [3.05, 3.63) is 0 Å². The number of carbonyl (C=O) groups excluding carboxylic acids is 2. The number of hydrogen-bond donors (Lipinski definition) is 0. The highest BCUT2D eigenvalue weighted by atomic mass is 16.1. The Balaban J connectivity index is 2.07. The van der Waals surface area contributed by atoms with Crippen LogP contribution in [0.4, 0.5) is 0 Å². The van der Waals surface area contributed by atoms with Gasteiger partial charge in [0.25, 0.3) is 0 Å². The number of ketones is 2. The smallest absolute Gasteiger partial charge is 0.137 e. The summed E-state index contributed by atoms with van der Waals surface area (Å²) in [5, 5.41) is 0. The summed E-state index contributed by atoms with van der Waals surface area (Å²) in [7, 11) is 0. The third-order valence-electron chi connectivity index (χ3n) is 3.34. The normalized spacial score (nSPS) is 55.6. The molecule has 0 radical (unpaired) electrons. The lowest BCUT2D eigenvalue weighted by molar-refractivity contribution is -0.123. The molecule has 0 spiro atoms. The summed E-state index contributed by atoms with van der Waals surface area (Å²) in [4.78, 5) is 22.1. The van der Waals surface area contributed by atoms with E-state index in [1.54, 1.807) is 0 Å². The van der Waals surface area contributed by atoms with Gasteiger partial charge in [-0.15, -0.1) is 0 Å². The van der Waals surface area contributed by atoms with Crippen molar-refractivity contribution >= 4 is 11.6 Å². The summed E-state index contributed by atoms with van der Waals surface area (Å²) < 4.78 is 0. The first-order chi connectivity index (χ1) is 4.79. The average molecular weight is 136 g/mol. The molecule has 0 amide bonds. The molecule has 0 saturated heterocycles. The van der Waals surface area contributed by atoms with Crippen LogP contribution in [0.25, 0.3) is 0 Å². The Hall–Kier alpha value is -0.660. The van der Waals surface area contributed by atoms with Gasteiger partial charge in [-0.25, -0.2) is 0 Å². The second kappa shape index (κ2) is 1.20. The second-order valence-corrected chi connectivity index (χ2v) is 3.71. The van der Waals surface area contributed by atoms with Crippen LogP contribution in [0, 0.1) is 23.7 Å². The van der Waals surface area contributed by atoms with E-state index < -0.39 is 0 Å². The molecule has 0 aromatic rings. The maximum Gasteiger partial charge on any atom is 0.137 e. The van der Waals surface area contributed by atoms with Crippen molar-refractivity contribution in [1.82, 2.24) is 0 Å². The highest BCUT2D eigenvalue weighted by Gasteiger charge is 2.69. The molecule has 0 bridgehead atoms. The third-order valence-corrected chi connectivity index (χ3v) is 3.34. The molecule has 0 aliphatic heterocycles. The Labute approximate surface area is 58.6 Å². The van der Waals surface area contributed by atoms with Crippen LogP contribution in [0.3, 0.4) is 0 Å². The Morgan fingerprint density at radius 1 is 1.10 bits per heavy atom. The van der Waals surface area contributed by atoms with Crippen LogP contribution >= 0.6 is 0 Å². The van der Waals surface area contributed by atoms with Crippen molar-refractivity contribution in [2.24, 2.45) is 23.7 Å². The van der Waals surface area contributed by atoms with Crippen molar-refractivity contribution in [3.8, 4) is 0 Å². The first-order valence-corrected chi connectivity index (χ1v) is 3.84. The van der Waals surface area contributed by atoms with Gasteiger partial charge in [0.15, 0.2) is 0 Å². The fourth-order valence-corrected chi connectivity index (χ4v) is 2.87. The van der Waals surface area contributed by atoms with Gasteiger partial charge in [0, 0.05) is 24.7 Å². The molecule has 4 unspecified atom stereocenters. The third kappa shape index (κ3) is 0.343. The van der Waals surface area contributed by atoms with Crippen molar-refractivity contribution < 1.29 is 9.59 Å². The van der Waals surface area contributed by atoms with Gasteiger partial charge in [-0.3, -0.25) is 9.59 Å². The minimum absolute atomic E-state index is 0.169. The fourth-order valence-electron chi connectivity index (χ4n) is 2.87. The molecule has 0 aromatic carbocycles. The summed E-state index contributed by atoms with van der Waals surface area (Å²) in [5.41, 5.74) is 0. The maximum atomic E-state index is 11.1. The Bertz CT molecular complexity index is 242. The monoisotopic (exact) mass is 136 g/mol. The van der Waals surface area contributed by atoms with E-state index in [1.165, 1.54) is 0 Å². The van der Waals surface area contributed by atoms with Gasteiger partial charge < -0.3 is 0 Å². The topological polar surface area (TPSA) is 34.1 Å². The minimum atomic E-state index is 0.169. The van der Waals surface area contributed by atoms with Gasteiger partial charge in [-0.1, -0.05) is 0 Å². The standard InChI is InChI=1S/C8H8O2/c9-5-2-4-7-3(5)1-6(10)8(4)7/h3-4,7-8H,1-2H2. The number of carbonyl (C=O) groups is 2. The summed E-state index contributed by atoms with van der Waals surface area (Å²) in [6, 6.07) is 0. The van der Waals surface area contributed by atoms with E-state index >= 15 is 0 Å². The van der Waals surface area contributed by atoms with Crippen LogP contribution in [0.15, 0.2) is 0 Å². The van der Waals surface area contributed by atoms with E-state index in [-0.39, 0.29) is 5.92 Å². The van der Waals surface area contributed by atoms with Crippen molar-refractivity contribution in [3.63, 3.8) is 0 Å². The molecule has 2 nitrogen and oxygen atoms in total. The van der Waals surface area contributed by atoms with Crippen LogP contribution in [0.1, 0.15) is 12.8 Å². The Morgan fingerprint density at radius 2 is 1.90 bits per heavy atom. The van der Waals surface area contributed by atoms with Crippen molar-refractivity contribution in [2.45, 2.75) is 12.8 Å². The molecule has 3 saturated carbocycles. The first-order valence-electron chi connectivity index (χ1n) is 3.84. The predicted octanol–water partition coefficient (Wildman–Crippen LogP) is 0.410. The molecular formula is C8H8O2. The lowest BCUT2D eigenvalue weighted by Crippen LogP contribution is -2.06. The molecule has 10 heavy (non-hydrogen) atoms. The zero-order valence-corrected chi connectivity index (χ0v) is 5.54. The van der Waals surface area contributed by atoms with Crippen LogP contribution in [0.5, 0.6) is 0 Å². The van der Waals surface area contributed by atoms with E-state index in [4.69, 9.17) is 0 Å². The van der Waals surface area contributed by atoms with Crippen LogP contribution in [-0.4, -0.2) is 11.6 Å². The van der Waals surface area contributed by atoms with Crippen molar-refractivity contribution in [1.29, 1.82) is 0 Å². The Kier molecular flexibility index (Phi) is 0.607. The van der Waals surface area contributed by atoms with E-state index in [1.807, 2.05) is 0 Å². The van der Waals surface area contributed by atoms with Gasteiger partial charge in [-0.2, -0.15) is 0 Å². The molecule has 3 aliphatic carbocycles. The largest absolute Gasteiger partial charge is 0.299 e. The second-order valence-electron chi connectivity index (χ2n) is 3.71. The van der Waals surface area contributed by atoms with Gasteiger partial charge in [-0.05, 0) is 11.8 Å². The van der Waals surface area contributed by atoms with Gasteiger partial charge in [0.05, 0.1) is 0 Å². The highest BCUT2D eigenvalue weighted by molar-refractivity contribution is 6.00. The lowest BCUT2D eigenvalue weighted by atomic mass is 10.0. The predicted molar refractivity (Wildman–Crippen MR) is 33.2 cm³/mol.